The minimum Gasteiger partial charge on any atom is -0.389 e. The van der Waals surface area contributed by atoms with Crippen LogP contribution in [0.25, 0.3) is 0 Å². The number of rotatable bonds is 2. The number of nitrogens with zero attached hydrogens (tertiary/aromatic N) is 1. The SMILES string of the molecule is CC(=O)[C@@H]1[C@@H](c2ccc(C)cc2)c2c(n[nH]c2C)C[C@]1(C)O. The molecule has 3 rings (SSSR count). The van der Waals surface area contributed by atoms with Crippen LogP contribution in [0.5, 0.6) is 0 Å². The minimum atomic E-state index is -1.09. The second kappa shape index (κ2) is 5.06. The van der Waals surface area contributed by atoms with Gasteiger partial charge in [-0.3, -0.25) is 9.89 Å². The zero-order valence-electron chi connectivity index (χ0n) is 13.5. The number of aromatic amines is 1. The normalized spacial score (nSPS) is 27.5. The summed E-state index contributed by atoms with van der Waals surface area (Å²) in [5.41, 5.74) is 4.05. The minimum absolute atomic E-state index is 0.0156. The Balaban J connectivity index is 2.23. The third-order valence-corrected chi connectivity index (χ3v) is 4.79. The lowest BCUT2D eigenvalue weighted by Gasteiger charge is -2.41. The fourth-order valence-corrected chi connectivity index (χ4v) is 3.82. The number of ketones is 1. The van der Waals surface area contributed by atoms with Gasteiger partial charge >= 0.3 is 0 Å². The predicted molar refractivity (Wildman–Crippen MR) is 84.8 cm³/mol. The maximum Gasteiger partial charge on any atom is 0.136 e. The molecule has 0 bridgehead atoms. The molecule has 4 heteroatoms. The number of aromatic nitrogens is 2. The van der Waals surface area contributed by atoms with Crippen LogP contribution in [0.3, 0.4) is 0 Å². The summed E-state index contributed by atoms with van der Waals surface area (Å²) in [6, 6.07) is 8.19. The molecular formula is C18H22N2O2. The lowest BCUT2D eigenvalue weighted by Crippen LogP contribution is -2.48. The van der Waals surface area contributed by atoms with Crippen molar-refractivity contribution in [2.45, 2.75) is 45.6 Å². The molecule has 1 aliphatic carbocycles. The van der Waals surface area contributed by atoms with Gasteiger partial charge in [0.05, 0.1) is 17.2 Å². The second-order valence-electron chi connectivity index (χ2n) is 6.72. The van der Waals surface area contributed by atoms with Crippen LogP contribution in [0.4, 0.5) is 0 Å². The topological polar surface area (TPSA) is 66.0 Å². The van der Waals surface area contributed by atoms with E-state index in [1.807, 2.05) is 38.1 Å². The van der Waals surface area contributed by atoms with Gasteiger partial charge in [-0.25, -0.2) is 0 Å². The first-order valence-electron chi connectivity index (χ1n) is 7.64. The Morgan fingerprint density at radius 3 is 2.55 bits per heavy atom. The van der Waals surface area contributed by atoms with Gasteiger partial charge in [0, 0.05) is 23.6 Å². The monoisotopic (exact) mass is 298 g/mol. The molecule has 0 amide bonds. The molecule has 1 aromatic heterocycles. The van der Waals surface area contributed by atoms with E-state index in [1.54, 1.807) is 13.8 Å². The van der Waals surface area contributed by atoms with Crippen molar-refractivity contribution in [2.24, 2.45) is 5.92 Å². The van der Waals surface area contributed by atoms with Gasteiger partial charge in [0.15, 0.2) is 0 Å². The lowest BCUT2D eigenvalue weighted by molar-refractivity contribution is -0.130. The van der Waals surface area contributed by atoms with Crippen LogP contribution >= 0.6 is 0 Å². The van der Waals surface area contributed by atoms with Crippen LogP contribution in [0.2, 0.25) is 0 Å². The van der Waals surface area contributed by atoms with Crippen molar-refractivity contribution in [2.75, 3.05) is 0 Å². The summed E-state index contributed by atoms with van der Waals surface area (Å²) in [4.78, 5) is 12.3. The van der Waals surface area contributed by atoms with Crippen LogP contribution < -0.4 is 0 Å². The largest absolute Gasteiger partial charge is 0.389 e. The van der Waals surface area contributed by atoms with Crippen LogP contribution in [-0.2, 0) is 11.2 Å². The summed E-state index contributed by atoms with van der Waals surface area (Å²) in [6.07, 6.45) is 0.402. The summed E-state index contributed by atoms with van der Waals surface area (Å²) in [5.74, 6) is -0.601. The quantitative estimate of drug-likeness (QED) is 0.896. The van der Waals surface area contributed by atoms with E-state index in [0.29, 0.717) is 6.42 Å². The number of aliphatic hydroxyl groups is 1. The first kappa shape index (κ1) is 15.0. The number of nitrogens with one attached hydrogen (secondary N) is 1. The molecule has 0 unspecified atom stereocenters. The molecule has 22 heavy (non-hydrogen) atoms. The van der Waals surface area contributed by atoms with E-state index in [1.165, 1.54) is 5.56 Å². The number of carbonyl (C=O) groups is 1. The number of benzene rings is 1. The van der Waals surface area contributed by atoms with Gasteiger partial charge in [-0.2, -0.15) is 5.10 Å². The molecule has 1 aliphatic rings. The van der Waals surface area contributed by atoms with Crippen LogP contribution in [0.1, 0.15) is 47.8 Å². The van der Waals surface area contributed by atoms with Gasteiger partial charge in [-0.05, 0) is 33.3 Å². The van der Waals surface area contributed by atoms with Gasteiger partial charge in [-0.1, -0.05) is 29.8 Å². The van der Waals surface area contributed by atoms with Crippen LogP contribution in [-0.4, -0.2) is 26.7 Å². The van der Waals surface area contributed by atoms with Gasteiger partial charge in [-0.15, -0.1) is 0 Å². The Hall–Kier alpha value is -1.94. The van der Waals surface area contributed by atoms with Crippen LogP contribution in [0, 0.1) is 19.8 Å². The van der Waals surface area contributed by atoms with Crippen LogP contribution in [0.15, 0.2) is 24.3 Å². The highest BCUT2D eigenvalue weighted by atomic mass is 16.3. The average molecular weight is 298 g/mol. The summed E-state index contributed by atoms with van der Waals surface area (Å²) in [6.45, 7) is 7.33. The van der Waals surface area contributed by atoms with Gasteiger partial charge in [0.25, 0.3) is 0 Å². The summed E-state index contributed by atoms with van der Waals surface area (Å²) >= 11 is 0. The molecule has 0 saturated heterocycles. The average Bonchev–Trinajstić information content (AvgIpc) is 2.77. The number of fused-ring (bicyclic) bond motifs is 1. The molecule has 0 saturated carbocycles. The molecule has 0 aliphatic heterocycles. The maximum absolute atomic E-state index is 12.3. The molecule has 1 heterocycles. The molecule has 2 N–H and O–H groups in total. The first-order valence-corrected chi connectivity index (χ1v) is 7.64. The Morgan fingerprint density at radius 2 is 1.95 bits per heavy atom. The molecule has 0 radical (unpaired) electrons. The molecule has 116 valence electrons. The van der Waals surface area contributed by atoms with E-state index in [2.05, 4.69) is 10.2 Å². The third-order valence-electron chi connectivity index (χ3n) is 4.79. The number of hydrogen-bond acceptors (Lipinski definition) is 3. The van der Waals surface area contributed by atoms with Crippen molar-refractivity contribution in [3.05, 3.63) is 52.3 Å². The molecule has 2 aromatic rings. The van der Waals surface area contributed by atoms with Gasteiger partial charge in [0.1, 0.15) is 5.78 Å². The van der Waals surface area contributed by atoms with Gasteiger partial charge < -0.3 is 5.11 Å². The lowest BCUT2D eigenvalue weighted by atomic mass is 9.64. The van der Waals surface area contributed by atoms with Crippen molar-refractivity contribution >= 4 is 5.78 Å². The number of H-pyrrole nitrogens is 1. The van der Waals surface area contributed by atoms with E-state index in [4.69, 9.17) is 0 Å². The molecule has 0 spiro atoms. The Bertz CT molecular complexity index is 713. The molecular weight excluding hydrogens is 276 g/mol. The highest BCUT2D eigenvalue weighted by Gasteiger charge is 2.48. The predicted octanol–water partition coefficient (Wildman–Crippen LogP) is 2.67. The fourth-order valence-electron chi connectivity index (χ4n) is 3.82. The van der Waals surface area contributed by atoms with E-state index in [9.17, 15) is 9.90 Å². The Labute approximate surface area is 130 Å². The molecule has 4 nitrogen and oxygen atoms in total. The first-order chi connectivity index (χ1) is 10.3. The molecule has 0 fully saturated rings. The maximum atomic E-state index is 12.3. The highest BCUT2D eigenvalue weighted by molar-refractivity contribution is 5.82. The summed E-state index contributed by atoms with van der Waals surface area (Å²) < 4.78 is 0. The van der Waals surface area contributed by atoms with Crippen molar-refractivity contribution in [3.63, 3.8) is 0 Å². The van der Waals surface area contributed by atoms with Gasteiger partial charge in [0.2, 0.25) is 0 Å². The molecule has 1 aromatic carbocycles. The second-order valence-corrected chi connectivity index (χ2v) is 6.72. The van der Waals surface area contributed by atoms with Crippen molar-refractivity contribution in [1.29, 1.82) is 0 Å². The van der Waals surface area contributed by atoms with Crippen molar-refractivity contribution in [3.8, 4) is 0 Å². The Morgan fingerprint density at radius 1 is 1.32 bits per heavy atom. The third kappa shape index (κ3) is 2.28. The Kier molecular flexibility index (Phi) is 3.44. The number of hydrogen-bond donors (Lipinski definition) is 2. The number of carbonyl (C=O) groups excluding carboxylic acids is 1. The zero-order chi connectivity index (χ0) is 16.1. The smallest absolute Gasteiger partial charge is 0.136 e. The zero-order valence-corrected chi connectivity index (χ0v) is 13.5. The summed E-state index contributed by atoms with van der Waals surface area (Å²) in [7, 11) is 0. The van der Waals surface area contributed by atoms with Crippen molar-refractivity contribution in [1.82, 2.24) is 10.2 Å². The van der Waals surface area contributed by atoms with E-state index in [0.717, 1.165) is 22.5 Å². The molecule has 3 atom stereocenters. The standard InChI is InChI=1S/C18H22N2O2/c1-10-5-7-13(8-6-10)16-15-11(2)19-20-14(15)9-18(4,22)17(16)12(3)21/h5-8,16-17,22H,9H2,1-4H3,(H,19,20)/t16-,17+,18-/m0/s1. The van der Waals surface area contributed by atoms with E-state index in [-0.39, 0.29) is 11.7 Å². The summed E-state index contributed by atoms with van der Waals surface area (Å²) in [5, 5.41) is 18.2. The highest BCUT2D eigenvalue weighted by Crippen LogP contribution is 2.46. The number of aryl methyl sites for hydroxylation is 2. The number of Topliss-reactive ketones (excluding diaryl/α,β-unsaturated/α-hetero) is 1. The fraction of sp³-hybridized carbons (Fsp3) is 0.444. The van der Waals surface area contributed by atoms with Crippen molar-refractivity contribution < 1.29 is 9.90 Å². The van der Waals surface area contributed by atoms with E-state index >= 15 is 0 Å². The van der Waals surface area contributed by atoms with E-state index < -0.39 is 11.5 Å².